The van der Waals surface area contributed by atoms with Crippen molar-refractivity contribution in [1.82, 2.24) is 18.8 Å². The van der Waals surface area contributed by atoms with Crippen LogP contribution in [0.2, 0.25) is 0 Å². The predicted molar refractivity (Wildman–Crippen MR) is 93.1 cm³/mol. The second-order valence-corrected chi connectivity index (χ2v) is 6.59. The summed E-state index contributed by atoms with van der Waals surface area (Å²) in [5.41, 5.74) is 3.02. The number of aryl methyl sites for hydroxylation is 2. The van der Waals surface area contributed by atoms with Crippen molar-refractivity contribution in [2.75, 3.05) is 0 Å². The summed E-state index contributed by atoms with van der Waals surface area (Å²) in [5, 5.41) is 1.86. The van der Waals surface area contributed by atoms with Gasteiger partial charge in [-0.1, -0.05) is 0 Å². The normalized spacial score (nSPS) is 11.3. The molecular weight excluding hydrogens is 340 g/mol. The molecule has 8 heteroatoms. The zero-order valence-corrected chi connectivity index (χ0v) is 14.4. The minimum atomic E-state index is -0.550. The molecule has 0 unspecified atom stereocenters. The average Bonchev–Trinajstić information content (AvgIpc) is 3.16. The molecule has 0 bridgehead atoms. The Kier molecular flexibility index (Phi) is 3.61. The van der Waals surface area contributed by atoms with Crippen LogP contribution in [-0.4, -0.2) is 24.7 Å². The summed E-state index contributed by atoms with van der Waals surface area (Å²) >= 11 is 1.37. The molecule has 126 valence electrons. The van der Waals surface area contributed by atoms with Crippen molar-refractivity contribution in [3.8, 4) is 0 Å². The van der Waals surface area contributed by atoms with Gasteiger partial charge in [0.1, 0.15) is 12.3 Å². The average molecular weight is 354 g/mol. The molecular formula is C17H14N4O3S. The van der Waals surface area contributed by atoms with Crippen molar-refractivity contribution in [3.63, 3.8) is 0 Å². The molecule has 7 nitrogen and oxygen atoms in total. The summed E-state index contributed by atoms with van der Waals surface area (Å²) in [7, 11) is 0. The van der Waals surface area contributed by atoms with E-state index in [0.717, 1.165) is 11.3 Å². The first-order valence-electron chi connectivity index (χ1n) is 7.60. The number of ether oxygens (including phenoxy) is 1. The number of rotatable bonds is 3. The van der Waals surface area contributed by atoms with Crippen LogP contribution in [-0.2, 0) is 11.3 Å². The van der Waals surface area contributed by atoms with Crippen LogP contribution in [0.25, 0.3) is 10.6 Å². The van der Waals surface area contributed by atoms with Crippen LogP contribution in [0.4, 0.5) is 0 Å². The fourth-order valence-electron chi connectivity index (χ4n) is 2.57. The van der Waals surface area contributed by atoms with Gasteiger partial charge in [-0.05, 0) is 31.5 Å². The molecule has 0 N–H and O–H groups in total. The Morgan fingerprint density at radius 1 is 1.28 bits per heavy atom. The largest absolute Gasteiger partial charge is 0.454 e. The minimum absolute atomic E-state index is 0.0750. The number of pyridine rings is 1. The molecule has 0 aromatic carbocycles. The summed E-state index contributed by atoms with van der Waals surface area (Å²) in [4.78, 5) is 33.5. The second-order valence-electron chi connectivity index (χ2n) is 5.75. The zero-order chi connectivity index (χ0) is 17.6. The molecule has 0 spiro atoms. The Morgan fingerprint density at radius 2 is 2.12 bits per heavy atom. The number of esters is 1. The topological polar surface area (TPSA) is 78.0 Å². The third-order valence-corrected chi connectivity index (χ3v) is 4.75. The maximum Gasteiger partial charge on any atom is 0.358 e. The fraction of sp³-hybridized carbons (Fsp3) is 0.176. The van der Waals surface area contributed by atoms with E-state index in [1.807, 2.05) is 37.6 Å². The van der Waals surface area contributed by atoms with Gasteiger partial charge in [0, 0.05) is 29.5 Å². The van der Waals surface area contributed by atoms with Gasteiger partial charge in [0.25, 0.3) is 5.56 Å². The van der Waals surface area contributed by atoms with Crippen LogP contribution in [0.3, 0.4) is 0 Å². The highest BCUT2D eigenvalue weighted by Crippen LogP contribution is 2.13. The molecule has 0 aliphatic rings. The number of nitrogens with zero attached hydrogens (tertiary/aromatic N) is 4. The first kappa shape index (κ1) is 15.5. The molecule has 0 saturated heterocycles. The van der Waals surface area contributed by atoms with Crippen molar-refractivity contribution >= 4 is 27.9 Å². The lowest BCUT2D eigenvalue weighted by molar-refractivity contribution is 0.0461. The second kappa shape index (κ2) is 5.82. The molecule has 0 amide bonds. The van der Waals surface area contributed by atoms with Gasteiger partial charge >= 0.3 is 5.97 Å². The van der Waals surface area contributed by atoms with Gasteiger partial charge in [-0.2, -0.15) is 0 Å². The van der Waals surface area contributed by atoms with E-state index in [-0.39, 0.29) is 17.9 Å². The van der Waals surface area contributed by atoms with Gasteiger partial charge in [-0.15, -0.1) is 11.3 Å². The van der Waals surface area contributed by atoms with Crippen molar-refractivity contribution < 1.29 is 9.53 Å². The highest BCUT2D eigenvalue weighted by atomic mass is 32.1. The number of aromatic nitrogens is 4. The number of carbonyl (C=O) groups is 1. The van der Waals surface area contributed by atoms with E-state index in [1.54, 1.807) is 10.6 Å². The number of imidazole rings is 1. The van der Waals surface area contributed by atoms with Crippen LogP contribution in [0.1, 0.15) is 27.4 Å². The van der Waals surface area contributed by atoms with Gasteiger partial charge in [0.05, 0.1) is 5.69 Å². The van der Waals surface area contributed by atoms with E-state index >= 15 is 0 Å². The van der Waals surface area contributed by atoms with Crippen LogP contribution in [0, 0.1) is 13.8 Å². The van der Waals surface area contributed by atoms with Gasteiger partial charge in [0.15, 0.2) is 10.7 Å². The highest BCUT2D eigenvalue weighted by Gasteiger charge is 2.14. The Labute approximate surface area is 146 Å². The molecule has 0 aliphatic carbocycles. The van der Waals surface area contributed by atoms with Gasteiger partial charge in [-0.3, -0.25) is 9.20 Å². The minimum Gasteiger partial charge on any atom is -0.454 e. The Balaban J connectivity index is 1.55. The zero-order valence-electron chi connectivity index (χ0n) is 13.6. The van der Waals surface area contributed by atoms with Crippen LogP contribution >= 0.6 is 11.3 Å². The Bertz CT molecular complexity index is 1170. The van der Waals surface area contributed by atoms with Crippen LogP contribution in [0.5, 0.6) is 0 Å². The van der Waals surface area contributed by atoms with Crippen LogP contribution in [0.15, 0.2) is 40.8 Å². The lowest BCUT2D eigenvalue weighted by Crippen LogP contribution is -2.16. The van der Waals surface area contributed by atoms with Crippen molar-refractivity contribution in [3.05, 3.63) is 69.0 Å². The third-order valence-electron chi connectivity index (χ3n) is 3.80. The lowest BCUT2D eigenvalue weighted by atomic mass is 10.3. The molecule has 0 atom stereocenters. The van der Waals surface area contributed by atoms with E-state index in [2.05, 4.69) is 9.97 Å². The lowest BCUT2D eigenvalue weighted by Gasteiger charge is -2.03. The van der Waals surface area contributed by atoms with Gasteiger partial charge < -0.3 is 9.14 Å². The SMILES string of the molecule is Cc1ccn2cc(C(=O)OCc3cc(=O)n4c(C)csc4n3)nc2c1. The summed E-state index contributed by atoms with van der Waals surface area (Å²) in [6.45, 7) is 3.73. The number of thiazole rings is 1. The van der Waals surface area contributed by atoms with Gasteiger partial charge in [-0.25, -0.2) is 14.8 Å². The maximum absolute atomic E-state index is 12.2. The molecule has 4 aromatic rings. The molecule has 4 aromatic heterocycles. The number of hydrogen-bond acceptors (Lipinski definition) is 6. The maximum atomic E-state index is 12.2. The molecule has 4 heterocycles. The fourth-order valence-corrected chi connectivity index (χ4v) is 3.46. The monoisotopic (exact) mass is 354 g/mol. The Morgan fingerprint density at radius 3 is 2.96 bits per heavy atom. The van der Waals surface area contributed by atoms with E-state index in [4.69, 9.17) is 4.74 Å². The van der Waals surface area contributed by atoms with Crippen molar-refractivity contribution in [2.45, 2.75) is 20.5 Å². The van der Waals surface area contributed by atoms with Gasteiger partial charge in [0.2, 0.25) is 0 Å². The molecule has 0 aliphatic heterocycles. The first-order valence-corrected chi connectivity index (χ1v) is 8.48. The van der Waals surface area contributed by atoms with Crippen molar-refractivity contribution in [2.24, 2.45) is 0 Å². The van der Waals surface area contributed by atoms with Crippen molar-refractivity contribution in [1.29, 1.82) is 0 Å². The van der Waals surface area contributed by atoms with E-state index < -0.39 is 5.97 Å². The highest BCUT2D eigenvalue weighted by molar-refractivity contribution is 7.15. The van der Waals surface area contributed by atoms with Crippen LogP contribution < -0.4 is 5.56 Å². The molecule has 0 fully saturated rings. The van der Waals surface area contributed by atoms with E-state index in [1.165, 1.54) is 21.8 Å². The van der Waals surface area contributed by atoms with E-state index in [9.17, 15) is 9.59 Å². The molecule has 0 saturated carbocycles. The summed E-state index contributed by atoms with van der Waals surface area (Å²) in [6.07, 6.45) is 3.45. The smallest absolute Gasteiger partial charge is 0.358 e. The number of carbonyl (C=O) groups excluding carboxylic acids is 1. The molecule has 25 heavy (non-hydrogen) atoms. The third kappa shape index (κ3) is 2.80. The Hall–Kier alpha value is -3.00. The standard InChI is InChI=1S/C17H14N4O3S/c1-10-3-4-20-7-13(19-14(20)5-10)16(23)24-8-12-6-15(22)21-11(2)9-25-17(21)18-12/h3-7,9H,8H2,1-2H3. The molecule has 0 radical (unpaired) electrons. The van der Waals surface area contributed by atoms with E-state index in [0.29, 0.717) is 16.3 Å². The first-order chi connectivity index (χ1) is 12.0. The number of fused-ring (bicyclic) bond motifs is 2. The molecule has 4 rings (SSSR count). The summed E-state index contributed by atoms with van der Waals surface area (Å²) in [5.74, 6) is -0.550. The summed E-state index contributed by atoms with van der Waals surface area (Å²) in [6, 6.07) is 5.19. The number of hydrogen-bond donors (Lipinski definition) is 0. The summed E-state index contributed by atoms with van der Waals surface area (Å²) < 4.78 is 8.55. The predicted octanol–water partition coefficient (Wildman–Crippen LogP) is 2.38. The quantitative estimate of drug-likeness (QED) is 0.528.